The lowest BCUT2D eigenvalue weighted by Gasteiger charge is -2.11. The molecular weight excluding hydrogens is 213 g/mol. The fraction of sp³-hybridized carbons (Fsp3) is 0.500. The van der Waals surface area contributed by atoms with Gasteiger partial charge < -0.3 is 5.73 Å². The standard InChI is InChI=1S/C12H18FN.ClH/c1-2-3-4-8-12(14)10-6-5-7-11(13)9-10;/h5-7,9,12H,2-4,8,14H2,1H3;1H/t12-;/m0./s1. The van der Waals surface area contributed by atoms with Crippen molar-refractivity contribution < 1.29 is 4.39 Å². The fourth-order valence-corrected chi connectivity index (χ4v) is 1.52. The second-order valence-corrected chi connectivity index (χ2v) is 3.66. The Hall–Kier alpha value is -0.600. The molecule has 1 nitrogen and oxygen atoms in total. The van der Waals surface area contributed by atoms with Crippen LogP contribution >= 0.6 is 12.4 Å². The summed E-state index contributed by atoms with van der Waals surface area (Å²) >= 11 is 0. The summed E-state index contributed by atoms with van der Waals surface area (Å²) in [5.74, 6) is -0.201. The van der Waals surface area contributed by atoms with E-state index in [4.69, 9.17) is 5.73 Å². The smallest absolute Gasteiger partial charge is 0.123 e. The van der Waals surface area contributed by atoms with Crippen molar-refractivity contribution in [1.82, 2.24) is 0 Å². The van der Waals surface area contributed by atoms with Crippen molar-refractivity contribution in [2.24, 2.45) is 5.73 Å². The Labute approximate surface area is 97.3 Å². The van der Waals surface area contributed by atoms with E-state index in [0.717, 1.165) is 18.4 Å². The van der Waals surface area contributed by atoms with E-state index in [1.54, 1.807) is 6.07 Å². The van der Waals surface area contributed by atoms with Crippen molar-refractivity contribution >= 4 is 12.4 Å². The number of nitrogens with two attached hydrogens (primary N) is 1. The van der Waals surface area contributed by atoms with Gasteiger partial charge in [0, 0.05) is 6.04 Å². The van der Waals surface area contributed by atoms with Crippen LogP contribution in [0.2, 0.25) is 0 Å². The van der Waals surface area contributed by atoms with Gasteiger partial charge in [-0.15, -0.1) is 12.4 Å². The van der Waals surface area contributed by atoms with Gasteiger partial charge in [-0.25, -0.2) is 4.39 Å². The number of unbranched alkanes of at least 4 members (excludes halogenated alkanes) is 2. The molecule has 0 saturated heterocycles. The van der Waals surface area contributed by atoms with Crippen LogP contribution in [-0.2, 0) is 0 Å². The Morgan fingerprint density at radius 1 is 1.33 bits per heavy atom. The van der Waals surface area contributed by atoms with Crippen LogP contribution < -0.4 is 5.73 Å². The van der Waals surface area contributed by atoms with Crippen LogP contribution in [0.15, 0.2) is 24.3 Å². The van der Waals surface area contributed by atoms with Gasteiger partial charge in [0.15, 0.2) is 0 Å². The average molecular weight is 232 g/mol. The third kappa shape index (κ3) is 5.14. The quantitative estimate of drug-likeness (QED) is 0.766. The number of benzene rings is 1. The molecule has 0 aliphatic heterocycles. The third-order valence-electron chi connectivity index (χ3n) is 2.40. The van der Waals surface area contributed by atoms with E-state index in [-0.39, 0.29) is 24.3 Å². The van der Waals surface area contributed by atoms with Crippen molar-refractivity contribution in [3.63, 3.8) is 0 Å². The summed E-state index contributed by atoms with van der Waals surface area (Å²) in [4.78, 5) is 0. The summed E-state index contributed by atoms with van der Waals surface area (Å²) in [5.41, 5.74) is 6.84. The Bertz CT molecular complexity index is 278. The molecule has 0 aliphatic rings. The van der Waals surface area contributed by atoms with Crippen molar-refractivity contribution in [1.29, 1.82) is 0 Å². The van der Waals surface area contributed by atoms with E-state index in [2.05, 4.69) is 6.92 Å². The van der Waals surface area contributed by atoms with Crippen LogP contribution in [0.1, 0.15) is 44.2 Å². The zero-order chi connectivity index (χ0) is 10.4. The largest absolute Gasteiger partial charge is 0.324 e. The molecule has 0 heterocycles. The Kier molecular flexibility index (Phi) is 7.35. The van der Waals surface area contributed by atoms with Gasteiger partial charge in [-0.05, 0) is 24.1 Å². The molecule has 3 heteroatoms. The normalized spacial score (nSPS) is 11.9. The van der Waals surface area contributed by atoms with Crippen LogP contribution in [0.3, 0.4) is 0 Å². The molecule has 0 amide bonds. The Morgan fingerprint density at radius 2 is 2.07 bits per heavy atom. The third-order valence-corrected chi connectivity index (χ3v) is 2.40. The zero-order valence-electron chi connectivity index (χ0n) is 9.08. The van der Waals surface area contributed by atoms with Gasteiger partial charge in [0.2, 0.25) is 0 Å². The molecule has 2 N–H and O–H groups in total. The highest BCUT2D eigenvalue weighted by Gasteiger charge is 2.05. The topological polar surface area (TPSA) is 26.0 Å². The first-order valence-electron chi connectivity index (χ1n) is 5.25. The van der Waals surface area contributed by atoms with Crippen molar-refractivity contribution in [3.05, 3.63) is 35.6 Å². The van der Waals surface area contributed by atoms with E-state index in [0.29, 0.717) is 0 Å². The highest BCUT2D eigenvalue weighted by atomic mass is 35.5. The number of hydrogen-bond acceptors (Lipinski definition) is 1. The molecule has 1 aromatic carbocycles. The molecule has 0 fully saturated rings. The molecule has 0 spiro atoms. The first kappa shape index (κ1) is 14.4. The lowest BCUT2D eigenvalue weighted by molar-refractivity contribution is 0.572. The molecule has 1 aromatic rings. The lowest BCUT2D eigenvalue weighted by atomic mass is 10.0. The van der Waals surface area contributed by atoms with Gasteiger partial charge in [0.05, 0.1) is 0 Å². The minimum Gasteiger partial charge on any atom is -0.324 e. The van der Waals surface area contributed by atoms with Crippen LogP contribution in [-0.4, -0.2) is 0 Å². The van der Waals surface area contributed by atoms with Gasteiger partial charge in [-0.2, -0.15) is 0 Å². The zero-order valence-corrected chi connectivity index (χ0v) is 9.90. The van der Waals surface area contributed by atoms with E-state index < -0.39 is 0 Å². The maximum absolute atomic E-state index is 12.9. The van der Waals surface area contributed by atoms with Gasteiger partial charge in [-0.3, -0.25) is 0 Å². The molecule has 86 valence electrons. The van der Waals surface area contributed by atoms with Crippen molar-refractivity contribution in [2.45, 2.75) is 38.6 Å². The highest BCUT2D eigenvalue weighted by molar-refractivity contribution is 5.85. The second-order valence-electron chi connectivity index (χ2n) is 3.66. The Morgan fingerprint density at radius 3 is 2.67 bits per heavy atom. The number of halogens is 2. The minimum atomic E-state index is -0.201. The Balaban J connectivity index is 0.00000196. The molecule has 0 aromatic heterocycles. The lowest BCUT2D eigenvalue weighted by Crippen LogP contribution is -2.10. The molecule has 0 unspecified atom stereocenters. The van der Waals surface area contributed by atoms with Crippen molar-refractivity contribution in [3.8, 4) is 0 Å². The molecule has 0 saturated carbocycles. The molecule has 0 bridgehead atoms. The summed E-state index contributed by atoms with van der Waals surface area (Å²) < 4.78 is 12.9. The van der Waals surface area contributed by atoms with Gasteiger partial charge >= 0.3 is 0 Å². The summed E-state index contributed by atoms with van der Waals surface area (Å²) in [6, 6.07) is 6.56. The SMILES string of the molecule is CCCCC[C@H](N)c1cccc(F)c1.Cl. The van der Waals surface area contributed by atoms with Crippen LogP contribution in [0.4, 0.5) is 4.39 Å². The summed E-state index contributed by atoms with van der Waals surface area (Å²) in [7, 11) is 0. The molecule has 0 aliphatic carbocycles. The van der Waals surface area contributed by atoms with Gasteiger partial charge in [-0.1, -0.05) is 38.3 Å². The minimum absolute atomic E-state index is 0. The first-order valence-corrected chi connectivity index (χ1v) is 5.25. The summed E-state index contributed by atoms with van der Waals surface area (Å²) in [6.45, 7) is 2.16. The van der Waals surface area contributed by atoms with E-state index in [1.165, 1.54) is 25.0 Å². The number of rotatable bonds is 5. The van der Waals surface area contributed by atoms with Gasteiger partial charge in [0.1, 0.15) is 5.82 Å². The van der Waals surface area contributed by atoms with E-state index in [9.17, 15) is 4.39 Å². The maximum Gasteiger partial charge on any atom is 0.123 e. The molecular formula is C12H19ClFN. The van der Waals surface area contributed by atoms with E-state index >= 15 is 0 Å². The molecule has 1 rings (SSSR count). The average Bonchev–Trinajstić information content (AvgIpc) is 2.18. The first-order chi connectivity index (χ1) is 6.74. The molecule has 15 heavy (non-hydrogen) atoms. The predicted octanol–water partition coefficient (Wildman–Crippen LogP) is 3.83. The van der Waals surface area contributed by atoms with Crippen LogP contribution in [0, 0.1) is 5.82 Å². The van der Waals surface area contributed by atoms with Gasteiger partial charge in [0.25, 0.3) is 0 Å². The molecule has 1 atom stereocenters. The maximum atomic E-state index is 12.9. The fourth-order valence-electron chi connectivity index (χ4n) is 1.52. The monoisotopic (exact) mass is 231 g/mol. The predicted molar refractivity (Wildman–Crippen MR) is 64.7 cm³/mol. The van der Waals surface area contributed by atoms with Crippen molar-refractivity contribution in [2.75, 3.05) is 0 Å². The second kappa shape index (κ2) is 7.66. The van der Waals surface area contributed by atoms with Crippen LogP contribution in [0.25, 0.3) is 0 Å². The summed E-state index contributed by atoms with van der Waals surface area (Å²) in [5, 5.41) is 0. The highest BCUT2D eigenvalue weighted by Crippen LogP contribution is 2.17. The molecule has 0 radical (unpaired) electrons. The van der Waals surface area contributed by atoms with Crippen LogP contribution in [0.5, 0.6) is 0 Å². The summed E-state index contributed by atoms with van der Waals surface area (Å²) in [6.07, 6.45) is 4.45. The van der Waals surface area contributed by atoms with E-state index in [1.807, 2.05) is 6.07 Å². The number of hydrogen-bond donors (Lipinski definition) is 1.